The number of nitrogens with one attached hydrogen (secondary N) is 1. The van der Waals surface area contributed by atoms with Crippen LogP contribution in [0.15, 0.2) is 17.0 Å². The second-order valence-corrected chi connectivity index (χ2v) is 3.81. The highest BCUT2D eigenvalue weighted by molar-refractivity contribution is 8.00. The first-order valence-electron chi connectivity index (χ1n) is 3.63. The van der Waals surface area contributed by atoms with E-state index in [1.54, 1.807) is 6.07 Å². The van der Waals surface area contributed by atoms with Gasteiger partial charge in [0.2, 0.25) is 0 Å². The minimum Gasteiger partial charge on any atom is -0.358 e. The van der Waals surface area contributed by atoms with Crippen molar-refractivity contribution >= 4 is 17.4 Å². The van der Waals surface area contributed by atoms with Crippen molar-refractivity contribution in [2.24, 2.45) is 5.73 Å². The fourth-order valence-corrected chi connectivity index (χ4v) is 2.11. The molecule has 0 amide bonds. The second kappa shape index (κ2) is 2.91. The van der Waals surface area contributed by atoms with E-state index < -0.39 is 5.82 Å². The third-order valence-electron chi connectivity index (χ3n) is 1.72. The third kappa shape index (κ3) is 1.34. The van der Waals surface area contributed by atoms with E-state index >= 15 is 0 Å². The highest BCUT2D eigenvalue weighted by atomic mass is 32.2. The molecule has 2 rings (SSSR count). The Morgan fingerprint density at radius 2 is 2.38 bits per heavy atom. The molecule has 1 aromatic rings. The number of nitrogens with two attached hydrogens (primary N) is 1. The Morgan fingerprint density at radius 1 is 1.62 bits per heavy atom. The van der Waals surface area contributed by atoms with Crippen molar-refractivity contribution in [3.63, 3.8) is 0 Å². The Labute approximate surface area is 78.7 Å². The smallest absolute Gasteiger partial charge is 0.148 e. The average molecular weight is 195 g/mol. The number of fused-ring (bicyclic) bond motifs is 1. The quantitative estimate of drug-likeness (QED) is 0.657. The van der Waals surface area contributed by atoms with Gasteiger partial charge in [-0.25, -0.2) is 4.39 Å². The van der Waals surface area contributed by atoms with E-state index in [1.807, 2.05) is 6.07 Å². The summed E-state index contributed by atoms with van der Waals surface area (Å²) >= 11 is 1.31. The van der Waals surface area contributed by atoms with Crippen molar-refractivity contribution in [3.05, 3.63) is 23.5 Å². The molecule has 5 heteroatoms. The first kappa shape index (κ1) is 8.35. The van der Waals surface area contributed by atoms with E-state index in [4.69, 9.17) is 11.0 Å². The Kier molecular flexibility index (Phi) is 1.87. The molecule has 0 aromatic heterocycles. The van der Waals surface area contributed by atoms with Crippen LogP contribution in [0, 0.1) is 17.1 Å². The van der Waals surface area contributed by atoms with Gasteiger partial charge < -0.3 is 11.1 Å². The first-order chi connectivity index (χ1) is 6.20. The molecule has 1 atom stereocenters. The fraction of sp³-hybridized carbons (Fsp3) is 0.125. The molecule has 1 aliphatic rings. The Morgan fingerprint density at radius 3 is 3.08 bits per heavy atom. The SMILES string of the molecule is N#Cc1cc(F)c2c(c1)SC(N)N2. The molecule has 66 valence electrons. The van der Waals surface area contributed by atoms with Crippen LogP contribution in [-0.2, 0) is 0 Å². The van der Waals surface area contributed by atoms with Crippen molar-refractivity contribution in [2.45, 2.75) is 10.4 Å². The molecule has 0 aliphatic carbocycles. The highest BCUT2D eigenvalue weighted by Crippen LogP contribution is 2.38. The van der Waals surface area contributed by atoms with E-state index in [9.17, 15) is 4.39 Å². The fourth-order valence-electron chi connectivity index (χ4n) is 1.19. The van der Waals surface area contributed by atoms with Crippen LogP contribution >= 0.6 is 11.8 Å². The molecule has 0 radical (unpaired) electrons. The first-order valence-corrected chi connectivity index (χ1v) is 4.51. The zero-order valence-electron chi connectivity index (χ0n) is 6.54. The molecule has 3 nitrogen and oxygen atoms in total. The van der Waals surface area contributed by atoms with Crippen LogP contribution in [0.3, 0.4) is 0 Å². The van der Waals surface area contributed by atoms with Gasteiger partial charge in [-0.15, -0.1) is 0 Å². The van der Waals surface area contributed by atoms with E-state index in [0.29, 0.717) is 16.1 Å². The highest BCUT2D eigenvalue weighted by Gasteiger charge is 2.21. The molecule has 0 spiro atoms. The number of benzene rings is 1. The summed E-state index contributed by atoms with van der Waals surface area (Å²) in [6, 6.07) is 4.72. The lowest BCUT2D eigenvalue weighted by molar-refractivity contribution is 0.627. The second-order valence-electron chi connectivity index (χ2n) is 2.63. The maximum atomic E-state index is 13.2. The summed E-state index contributed by atoms with van der Waals surface area (Å²) in [7, 11) is 0. The van der Waals surface area contributed by atoms with Crippen molar-refractivity contribution < 1.29 is 4.39 Å². The predicted molar refractivity (Wildman–Crippen MR) is 48.6 cm³/mol. The maximum Gasteiger partial charge on any atom is 0.148 e. The summed E-state index contributed by atoms with van der Waals surface area (Å²) in [5.74, 6) is -0.422. The zero-order valence-corrected chi connectivity index (χ0v) is 7.36. The van der Waals surface area contributed by atoms with Gasteiger partial charge in [0.05, 0.1) is 17.3 Å². The predicted octanol–water partition coefficient (Wildman–Crippen LogP) is 1.46. The van der Waals surface area contributed by atoms with Gasteiger partial charge in [-0.3, -0.25) is 0 Å². The van der Waals surface area contributed by atoms with Gasteiger partial charge in [-0.1, -0.05) is 11.8 Å². The summed E-state index contributed by atoms with van der Waals surface area (Å²) in [6.07, 6.45) is 0. The van der Waals surface area contributed by atoms with Crippen molar-refractivity contribution in [1.82, 2.24) is 0 Å². The molecule has 0 saturated carbocycles. The number of halogens is 1. The lowest BCUT2D eigenvalue weighted by atomic mass is 10.2. The molecular formula is C8H6FN3S. The number of nitriles is 1. The molecular weight excluding hydrogens is 189 g/mol. The third-order valence-corrected chi connectivity index (χ3v) is 2.67. The van der Waals surface area contributed by atoms with Crippen LogP contribution < -0.4 is 11.1 Å². The molecule has 0 saturated heterocycles. The van der Waals surface area contributed by atoms with Crippen LogP contribution in [0.5, 0.6) is 0 Å². The number of rotatable bonds is 0. The molecule has 1 aliphatic heterocycles. The number of thioether (sulfide) groups is 1. The van der Waals surface area contributed by atoms with Crippen molar-refractivity contribution in [3.8, 4) is 6.07 Å². The van der Waals surface area contributed by atoms with Gasteiger partial charge in [0.15, 0.2) is 0 Å². The zero-order chi connectivity index (χ0) is 9.42. The van der Waals surface area contributed by atoms with Crippen LogP contribution in [-0.4, -0.2) is 5.50 Å². The molecule has 0 fully saturated rings. The van der Waals surface area contributed by atoms with E-state index in [-0.39, 0.29) is 5.50 Å². The van der Waals surface area contributed by atoms with Crippen molar-refractivity contribution in [2.75, 3.05) is 5.32 Å². The number of anilines is 1. The van der Waals surface area contributed by atoms with Gasteiger partial charge in [-0.2, -0.15) is 5.26 Å². The minimum atomic E-state index is -0.422. The van der Waals surface area contributed by atoms with Crippen LogP contribution in [0.1, 0.15) is 5.56 Å². The van der Waals surface area contributed by atoms with Crippen molar-refractivity contribution in [1.29, 1.82) is 5.26 Å². The summed E-state index contributed by atoms with van der Waals surface area (Å²) in [5, 5.41) is 11.4. The van der Waals surface area contributed by atoms with Crippen LogP contribution in [0.4, 0.5) is 10.1 Å². The molecule has 3 N–H and O–H groups in total. The summed E-state index contributed by atoms with van der Waals surface area (Å²) in [6.45, 7) is 0. The lowest BCUT2D eigenvalue weighted by Crippen LogP contribution is -2.21. The van der Waals surface area contributed by atoms with Gasteiger partial charge in [0.25, 0.3) is 0 Å². The average Bonchev–Trinajstić information content (AvgIpc) is 2.46. The summed E-state index contributed by atoms with van der Waals surface area (Å²) in [4.78, 5) is 0.698. The van der Waals surface area contributed by atoms with Gasteiger partial charge in [0, 0.05) is 4.90 Å². The topological polar surface area (TPSA) is 61.8 Å². The largest absolute Gasteiger partial charge is 0.358 e. The van der Waals surface area contributed by atoms with Crippen LogP contribution in [0.2, 0.25) is 0 Å². The van der Waals surface area contributed by atoms with Gasteiger partial charge >= 0.3 is 0 Å². The maximum absolute atomic E-state index is 13.2. The number of hydrogen-bond donors (Lipinski definition) is 2. The van der Waals surface area contributed by atoms with E-state index in [1.165, 1.54) is 17.8 Å². The molecule has 1 heterocycles. The molecule has 13 heavy (non-hydrogen) atoms. The monoisotopic (exact) mass is 195 g/mol. The Hall–Kier alpha value is -1.25. The summed E-state index contributed by atoms with van der Waals surface area (Å²) < 4.78 is 13.2. The van der Waals surface area contributed by atoms with Gasteiger partial charge in [-0.05, 0) is 12.1 Å². The minimum absolute atomic E-state index is 0.319. The van der Waals surface area contributed by atoms with E-state index in [2.05, 4.69) is 5.32 Å². The number of nitrogens with zero attached hydrogens (tertiary/aromatic N) is 1. The molecule has 1 unspecified atom stereocenters. The van der Waals surface area contributed by atoms with Crippen LogP contribution in [0.25, 0.3) is 0 Å². The number of hydrogen-bond acceptors (Lipinski definition) is 4. The lowest BCUT2D eigenvalue weighted by Gasteiger charge is -2.01. The van der Waals surface area contributed by atoms with Gasteiger partial charge in [0.1, 0.15) is 11.3 Å². The normalized spacial score (nSPS) is 19.0. The molecule has 0 bridgehead atoms. The standard InChI is InChI=1S/C8H6FN3S/c9-5-1-4(3-10)2-6-7(5)12-8(11)13-6/h1-2,8,12H,11H2. The summed E-state index contributed by atoms with van der Waals surface area (Å²) in [5.41, 5.74) is 5.95. The Bertz CT molecular complexity index is 399. The Balaban J connectivity index is 2.54. The molecule has 1 aromatic carbocycles. The van der Waals surface area contributed by atoms with E-state index in [0.717, 1.165) is 0 Å².